The zero-order valence-electron chi connectivity index (χ0n) is 13.1. The fourth-order valence-corrected chi connectivity index (χ4v) is 4.56. The topological polar surface area (TPSA) is 81.1 Å². The molecule has 0 radical (unpaired) electrons. The number of benzene rings is 1. The Balaban J connectivity index is 1.87. The summed E-state index contributed by atoms with van der Waals surface area (Å²) in [5, 5.41) is 7.22. The molecular formula is C16H19N3O3S. The highest BCUT2D eigenvalue weighted by Crippen LogP contribution is 2.27. The van der Waals surface area contributed by atoms with Gasteiger partial charge < -0.3 is 5.32 Å². The fourth-order valence-electron chi connectivity index (χ4n) is 2.87. The molecule has 0 aliphatic carbocycles. The molecular weight excluding hydrogens is 314 g/mol. The summed E-state index contributed by atoms with van der Waals surface area (Å²) >= 11 is 0. The molecule has 7 heteroatoms. The lowest BCUT2D eigenvalue weighted by Gasteiger charge is -2.14. The van der Waals surface area contributed by atoms with Crippen LogP contribution < -0.4 is 5.32 Å². The third kappa shape index (κ3) is 3.29. The molecule has 1 amide bonds. The van der Waals surface area contributed by atoms with Crippen LogP contribution >= 0.6 is 0 Å². The van der Waals surface area contributed by atoms with Crippen LogP contribution in [0.25, 0.3) is 0 Å². The van der Waals surface area contributed by atoms with Gasteiger partial charge in [-0.1, -0.05) is 18.2 Å². The minimum absolute atomic E-state index is 0.0708. The summed E-state index contributed by atoms with van der Waals surface area (Å²) in [5.41, 5.74) is 2.22. The minimum Gasteiger partial charge on any atom is -0.307 e. The number of carbonyl (C=O) groups is 1. The number of amides is 1. The van der Waals surface area contributed by atoms with Crippen molar-refractivity contribution in [3.8, 4) is 0 Å². The maximum absolute atomic E-state index is 12.5. The first-order valence-corrected chi connectivity index (χ1v) is 9.31. The van der Waals surface area contributed by atoms with Crippen LogP contribution in [0, 0.1) is 13.8 Å². The van der Waals surface area contributed by atoms with E-state index in [9.17, 15) is 13.2 Å². The van der Waals surface area contributed by atoms with Gasteiger partial charge in [-0.2, -0.15) is 5.10 Å². The molecule has 2 heterocycles. The van der Waals surface area contributed by atoms with Crippen LogP contribution in [0.5, 0.6) is 0 Å². The zero-order valence-corrected chi connectivity index (χ0v) is 13.9. The van der Waals surface area contributed by atoms with Crippen LogP contribution in [-0.4, -0.2) is 35.6 Å². The van der Waals surface area contributed by atoms with Gasteiger partial charge in [-0.3, -0.25) is 4.79 Å². The van der Waals surface area contributed by atoms with Gasteiger partial charge in [-0.25, -0.2) is 13.1 Å². The Morgan fingerprint density at radius 2 is 2.04 bits per heavy atom. The van der Waals surface area contributed by atoms with Crippen LogP contribution in [0.1, 0.15) is 34.1 Å². The molecule has 0 spiro atoms. The summed E-state index contributed by atoms with van der Waals surface area (Å²) < 4.78 is 25.0. The van der Waals surface area contributed by atoms with E-state index in [0.29, 0.717) is 17.8 Å². The summed E-state index contributed by atoms with van der Waals surface area (Å²) in [6, 6.07) is 8.87. The van der Waals surface area contributed by atoms with Crippen LogP contribution in [0.3, 0.4) is 0 Å². The van der Waals surface area contributed by atoms with Crippen molar-refractivity contribution in [1.82, 2.24) is 9.78 Å². The lowest BCUT2D eigenvalue weighted by atomic mass is 10.1. The maximum Gasteiger partial charge on any atom is 0.257 e. The molecule has 1 atom stereocenters. The molecule has 1 aliphatic heterocycles. The summed E-state index contributed by atoms with van der Waals surface area (Å²) in [4.78, 5) is 12.5. The number of aryl methyl sites for hydroxylation is 2. The first-order chi connectivity index (χ1) is 10.9. The lowest BCUT2D eigenvalue weighted by Crippen LogP contribution is -2.20. The largest absolute Gasteiger partial charge is 0.307 e. The molecule has 3 rings (SSSR count). The normalized spacial score (nSPS) is 19.7. The van der Waals surface area contributed by atoms with Crippen LogP contribution in [0.4, 0.5) is 5.82 Å². The molecule has 0 saturated carbocycles. The second-order valence-electron chi connectivity index (χ2n) is 5.94. The van der Waals surface area contributed by atoms with E-state index in [-0.39, 0.29) is 23.5 Å². The highest BCUT2D eigenvalue weighted by Gasteiger charge is 2.31. The number of rotatable bonds is 3. The third-order valence-corrected chi connectivity index (χ3v) is 5.79. The second kappa shape index (κ2) is 5.81. The van der Waals surface area contributed by atoms with E-state index >= 15 is 0 Å². The van der Waals surface area contributed by atoms with Crippen molar-refractivity contribution in [2.24, 2.45) is 0 Å². The van der Waals surface area contributed by atoms with Crippen molar-refractivity contribution in [2.45, 2.75) is 26.3 Å². The van der Waals surface area contributed by atoms with E-state index in [2.05, 4.69) is 10.4 Å². The van der Waals surface area contributed by atoms with Crippen molar-refractivity contribution in [3.05, 3.63) is 47.2 Å². The molecule has 1 aromatic carbocycles. The van der Waals surface area contributed by atoms with Gasteiger partial charge in [-0.15, -0.1) is 0 Å². The molecule has 122 valence electrons. The first kappa shape index (κ1) is 15.7. The number of anilines is 1. The van der Waals surface area contributed by atoms with Crippen molar-refractivity contribution in [3.63, 3.8) is 0 Å². The molecule has 23 heavy (non-hydrogen) atoms. The van der Waals surface area contributed by atoms with E-state index in [1.165, 1.54) is 0 Å². The molecule has 1 aromatic heterocycles. The van der Waals surface area contributed by atoms with Crippen LogP contribution in [0.15, 0.2) is 30.3 Å². The molecule has 1 saturated heterocycles. The van der Waals surface area contributed by atoms with Crippen molar-refractivity contribution < 1.29 is 13.2 Å². The predicted molar refractivity (Wildman–Crippen MR) is 88.4 cm³/mol. The number of sulfone groups is 1. The Kier molecular flexibility index (Phi) is 3.97. The van der Waals surface area contributed by atoms with E-state index < -0.39 is 9.84 Å². The molecule has 1 unspecified atom stereocenters. The predicted octanol–water partition coefficient (Wildman–Crippen LogP) is 2.11. The standard InChI is InChI=1S/C16H19N3O3S/c1-11-5-3-4-6-14(11)16(20)17-15-9-12(2)18-19(15)13-7-8-23(21,22)10-13/h3-6,9,13H,7-8,10H2,1-2H3,(H,17,20). The summed E-state index contributed by atoms with van der Waals surface area (Å²) in [6.07, 6.45) is 0.524. The van der Waals surface area contributed by atoms with Crippen molar-refractivity contribution >= 4 is 21.6 Å². The smallest absolute Gasteiger partial charge is 0.257 e. The molecule has 2 aromatic rings. The van der Waals surface area contributed by atoms with Crippen LogP contribution in [-0.2, 0) is 9.84 Å². The molecule has 6 nitrogen and oxygen atoms in total. The number of aromatic nitrogens is 2. The van der Waals surface area contributed by atoms with Gasteiger partial charge in [0.1, 0.15) is 5.82 Å². The second-order valence-corrected chi connectivity index (χ2v) is 8.17. The van der Waals surface area contributed by atoms with Gasteiger partial charge >= 0.3 is 0 Å². The number of hydrogen-bond donors (Lipinski definition) is 1. The van der Waals surface area contributed by atoms with E-state index in [4.69, 9.17) is 0 Å². The third-order valence-electron chi connectivity index (χ3n) is 4.04. The molecule has 0 bridgehead atoms. The Hall–Kier alpha value is -2.15. The first-order valence-electron chi connectivity index (χ1n) is 7.49. The van der Waals surface area contributed by atoms with E-state index in [1.807, 2.05) is 32.0 Å². The average molecular weight is 333 g/mol. The molecule has 1 aliphatic rings. The van der Waals surface area contributed by atoms with Gasteiger partial charge in [0.15, 0.2) is 9.84 Å². The summed E-state index contributed by atoms with van der Waals surface area (Å²) in [6.45, 7) is 3.70. The Morgan fingerprint density at radius 1 is 1.30 bits per heavy atom. The zero-order chi connectivity index (χ0) is 16.6. The SMILES string of the molecule is Cc1cc(NC(=O)c2ccccc2C)n(C2CCS(=O)(=O)C2)n1. The Morgan fingerprint density at radius 3 is 2.70 bits per heavy atom. The monoisotopic (exact) mass is 333 g/mol. The van der Waals surface area contributed by atoms with Gasteiger partial charge in [0.25, 0.3) is 5.91 Å². The number of hydrogen-bond acceptors (Lipinski definition) is 4. The summed E-state index contributed by atoms with van der Waals surface area (Å²) in [5.74, 6) is 0.561. The highest BCUT2D eigenvalue weighted by atomic mass is 32.2. The number of carbonyl (C=O) groups excluding carboxylic acids is 1. The maximum atomic E-state index is 12.5. The number of nitrogens with zero attached hydrogens (tertiary/aromatic N) is 2. The van der Waals surface area contributed by atoms with Gasteiger partial charge in [-0.05, 0) is 31.9 Å². The van der Waals surface area contributed by atoms with Crippen molar-refractivity contribution in [1.29, 1.82) is 0 Å². The van der Waals surface area contributed by atoms with Gasteiger partial charge in [0.2, 0.25) is 0 Å². The minimum atomic E-state index is -3.01. The molecule has 1 fully saturated rings. The van der Waals surface area contributed by atoms with Crippen molar-refractivity contribution in [2.75, 3.05) is 16.8 Å². The molecule has 1 N–H and O–H groups in total. The quantitative estimate of drug-likeness (QED) is 0.933. The van der Waals surface area contributed by atoms with Crippen LogP contribution in [0.2, 0.25) is 0 Å². The van der Waals surface area contributed by atoms with Gasteiger partial charge in [0.05, 0.1) is 23.2 Å². The van der Waals surface area contributed by atoms with E-state index in [0.717, 1.165) is 11.3 Å². The fraction of sp³-hybridized carbons (Fsp3) is 0.375. The Labute approximate surface area is 135 Å². The van der Waals surface area contributed by atoms with E-state index in [1.54, 1.807) is 16.8 Å². The lowest BCUT2D eigenvalue weighted by molar-refractivity contribution is 0.102. The van der Waals surface area contributed by atoms with Gasteiger partial charge in [0, 0.05) is 11.6 Å². The Bertz CT molecular complexity index is 855. The highest BCUT2D eigenvalue weighted by molar-refractivity contribution is 7.91. The summed E-state index contributed by atoms with van der Waals surface area (Å²) in [7, 11) is -3.01. The average Bonchev–Trinajstić information content (AvgIpc) is 3.01. The number of nitrogens with one attached hydrogen (secondary N) is 1.